The predicted octanol–water partition coefficient (Wildman–Crippen LogP) is 3.90. The van der Waals surface area contributed by atoms with E-state index in [9.17, 15) is 4.79 Å². The molecule has 2 aromatic carbocycles. The smallest absolute Gasteiger partial charge is 0.337 e. The number of hydrogen-bond donors (Lipinski definition) is 2. The molecule has 19 heavy (non-hydrogen) atoms. The van der Waals surface area contributed by atoms with Crippen molar-refractivity contribution >= 4 is 33.3 Å². The minimum Gasteiger partial charge on any atom is -0.497 e. The predicted molar refractivity (Wildman–Crippen MR) is 77.4 cm³/mol. The maximum atomic E-state index is 11.1. The lowest BCUT2D eigenvalue weighted by Crippen LogP contribution is -2.02. The molecule has 0 aromatic heterocycles. The van der Waals surface area contributed by atoms with Crippen molar-refractivity contribution in [2.24, 2.45) is 0 Å². The van der Waals surface area contributed by atoms with E-state index in [2.05, 4.69) is 21.2 Å². The zero-order valence-corrected chi connectivity index (χ0v) is 11.8. The molecule has 0 aliphatic heterocycles. The molecule has 0 fully saturated rings. The van der Waals surface area contributed by atoms with Crippen molar-refractivity contribution in [2.45, 2.75) is 0 Å². The quantitative estimate of drug-likeness (QED) is 0.896. The van der Waals surface area contributed by atoms with Gasteiger partial charge in [0.25, 0.3) is 0 Å². The zero-order chi connectivity index (χ0) is 13.8. The number of carboxylic acids is 1. The van der Waals surface area contributed by atoms with Gasteiger partial charge in [-0.05, 0) is 42.5 Å². The fourth-order valence-corrected chi connectivity index (χ4v) is 2.00. The van der Waals surface area contributed by atoms with Crippen LogP contribution in [-0.4, -0.2) is 18.2 Å². The number of nitrogens with one attached hydrogen (secondary N) is 1. The average molecular weight is 322 g/mol. The standard InChI is InChI=1S/C14H12BrNO3/c1-19-11-5-3-10(4-6-11)16-13-8-9(15)2-7-12(13)14(17)18/h2-8,16H,1H3,(H,17,18). The molecule has 2 rings (SSSR count). The van der Waals surface area contributed by atoms with Gasteiger partial charge >= 0.3 is 5.97 Å². The number of ether oxygens (including phenoxy) is 1. The highest BCUT2D eigenvalue weighted by atomic mass is 79.9. The topological polar surface area (TPSA) is 58.6 Å². The molecule has 0 heterocycles. The zero-order valence-electron chi connectivity index (χ0n) is 10.2. The van der Waals surface area contributed by atoms with Gasteiger partial charge in [-0.15, -0.1) is 0 Å². The van der Waals surface area contributed by atoms with Crippen LogP contribution in [0.3, 0.4) is 0 Å². The van der Waals surface area contributed by atoms with E-state index in [1.807, 2.05) is 12.1 Å². The summed E-state index contributed by atoms with van der Waals surface area (Å²) >= 11 is 3.33. The van der Waals surface area contributed by atoms with E-state index in [4.69, 9.17) is 9.84 Å². The number of methoxy groups -OCH3 is 1. The third-order valence-electron chi connectivity index (χ3n) is 2.58. The van der Waals surface area contributed by atoms with Crippen LogP contribution in [0.5, 0.6) is 5.75 Å². The van der Waals surface area contributed by atoms with Crippen molar-refractivity contribution in [2.75, 3.05) is 12.4 Å². The van der Waals surface area contributed by atoms with Gasteiger partial charge in [-0.1, -0.05) is 15.9 Å². The Morgan fingerprint density at radius 2 is 1.89 bits per heavy atom. The first-order valence-electron chi connectivity index (χ1n) is 5.54. The van der Waals surface area contributed by atoms with Crippen LogP contribution >= 0.6 is 15.9 Å². The van der Waals surface area contributed by atoms with Gasteiger partial charge in [-0.2, -0.15) is 0 Å². The molecule has 0 saturated heterocycles. The maximum absolute atomic E-state index is 11.1. The lowest BCUT2D eigenvalue weighted by molar-refractivity contribution is 0.0698. The summed E-state index contributed by atoms with van der Waals surface area (Å²) < 4.78 is 5.88. The monoisotopic (exact) mass is 321 g/mol. The molecule has 0 atom stereocenters. The highest BCUT2D eigenvalue weighted by Crippen LogP contribution is 2.26. The third-order valence-corrected chi connectivity index (χ3v) is 3.07. The van der Waals surface area contributed by atoms with E-state index in [1.54, 1.807) is 37.4 Å². The SMILES string of the molecule is COc1ccc(Nc2cc(Br)ccc2C(=O)O)cc1. The Labute approximate surface area is 119 Å². The van der Waals surface area contributed by atoms with Crippen LogP contribution in [0.15, 0.2) is 46.9 Å². The van der Waals surface area contributed by atoms with Gasteiger partial charge in [0, 0.05) is 10.2 Å². The van der Waals surface area contributed by atoms with Crippen LogP contribution in [0, 0.1) is 0 Å². The first-order valence-corrected chi connectivity index (χ1v) is 6.33. The van der Waals surface area contributed by atoms with Crippen molar-refractivity contribution in [1.82, 2.24) is 0 Å². The average Bonchev–Trinajstić information content (AvgIpc) is 2.39. The summed E-state index contributed by atoms with van der Waals surface area (Å²) in [7, 11) is 1.60. The Morgan fingerprint density at radius 3 is 2.47 bits per heavy atom. The Hall–Kier alpha value is -2.01. The minimum absolute atomic E-state index is 0.221. The molecule has 0 bridgehead atoms. The van der Waals surface area contributed by atoms with E-state index < -0.39 is 5.97 Å². The van der Waals surface area contributed by atoms with E-state index in [0.717, 1.165) is 15.9 Å². The van der Waals surface area contributed by atoms with Gasteiger partial charge in [0.15, 0.2) is 0 Å². The number of hydrogen-bond acceptors (Lipinski definition) is 3. The van der Waals surface area contributed by atoms with Crippen molar-refractivity contribution in [3.05, 3.63) is 52.5 Å². The van der Waals surface area contributed by atoms with Crippen molar-refractivity contribution in [1.29, 1.82) is 0 Å². The lowest BCUT2D eigenvalue weighted by atomic mass is 10.1. The summed E-state index contributed by atoms with van der Waals surface area (Å²) in [5, 5.41) is 12.2. The number of halogens is 1. The van der Waals surface area contributed by atoms with E-state index in [0.29, 0.717) is 5.69 Å². The first-order chi connectivity index (χ1) is 9.10. The summed E-state index contributed by atoms with van der Waals surface area (Å²) in [6, 6.07) is 12.2. The second kappa shape index (κ2) is 5.75. The van der Waals surface area contributed by atoms with Gasteiger partial charge in [0.05, 0.1) is 18.4 Å². The van der Waals surface area contributed by atoms with Gasteiger partial charge in [-0.25, -0.2) is 4.79 Å². The number of anilines is 2. The highest BCUT2D eigenvalue weighted by molar-refractivity contribution is 9.10. The second-order valence-corrected chi connectivity index (χ2v) is 4.76. The van der Waals surface area contributed by atoms with Gasteiger partial charge < -0.3 is 15.2 Å². The third kappa shape index (κ3) is 3.26. The molecule has 2 N–H and O–H groups in total. The number of benzene rings is 2. The molecule has 98 valence electrons. The van der Waals surface area contributed by atoms with Crippen LogP contribution in [0.4, 0.5) is 11.4 Å². The summed E-state index contributed by atoms with van der Waals surface area (Å²) in [4.78, 5) is 11.1. The summed E-state index contributed by atoms with van der Waals surface area (Å²) in [5.41, 5.74) is 1.55. The minimum atomic E-state index is -0.969. The van der Waals surface area contributed by atoms with Gasteiger partial charge in [0.2, 0.25) is 0 Å². The van der Waals surface area contributed by atoms with Gasteiger partial charge in [0.1, 0.15) is 5.75 Å². The number of rotatable bonds is 4. The van der Waals surface area contributed by atoms with Crippen LogP contribution in [-0.2, 0) is 0 Å². The number of carboxylic acid groups (broad SMARTS) is 1. The summed E-state index contributed by atoms with van der Waals surface area (Å²) in [5.74, 6) is -0.221. The number of aromatic carboxylic acids is 1. The van der Waals surface area contributed by atoms with Crippen molar-refractivity contribution in [3.63, 3.8) is 0 Å². The molecule has 0 saturated carbocycles. The fourth-order valence-electron chi connectivity index (χ4n) is 1.64. The van der Waals surface area contributed by atoms with Crippen molar-refractivity contribution < 1.29 is 14.6 Å². The fraction of sp³-hybridized carbons (Fsp3) is 0.0714. The summed E-state index contributed by atoms with van der Waals surface area (Å²) in [6.45, 7) is 0. The molecule has 0 spiro atoms. The maximum Gasteiger partial charge on any atom is 0.337 e. The lowest BCUT2D eigenvalue weighted by Gasteiger charge is -2.10. The van der Waals surface area contributed by atoms with Crippen LogP contribution < -0.4 is 10.1 Å². The number of carbonyl (C=O) groups is 1. The largest absolute Gasteiger partial charge is 0.497 e. The van der Waals surface area contributed by atoms with Crippen LogP contribution in [0.2, 0.25) is 0 Å². The van der Waals surface area contributed by atoms with Crippen LogP contribution in [0.25, 0.3) is 0 Å². The molecular weight excluding hydrogens is 310 g/mol. The Kier molecular flexibility index (Phi) is 4.06. The normalized spacial score (nSPS) is 10.0. The molecule has 0 amide bonds. The molecule has 0 radical (unpaired) electrons. The molecular formula is C14H12BrNO3. The Balaban J connectivity index is 2.31. The highest BCUT2D eigenvalue weighted by Gasteiger charge is 2.10. The molecule has 4 nitrogen and oxygen atoms in total. The van der Waals surface area contributed by atoms with Crippen LogP contribution in [0.1, 0.15) is 10.4 Å². The van der Waals surface area contributed by atoms with E-state index in [1.165, 1.54) is 0 Å². The molecule has 0 unspecified atom stereocenters. The van der Waals surface area contributed by atoms with Crippen molar-refractivity contribution in [3.8, 4) is 5.75 Å². The Morgan fingerprint density at radius 1 is 1.21 bits per heavy atom. The van der Waals surface area contributed by atoms with Gasteiger partial charge in [-0.3, -0.25) is 0 Å². The Bertz CT molecular complexity index is 596. The first kappa shape index (κ1) is 13.4. The van der Waals surface area contributed by atoms with E-state index >= 15 is 0 Å². The molecule has 0 aliphatic carbocycles. The molecule has 0 aliphatic rings. The molecule has 2 aromatic rings. The summed E-state index contributed by atoms with van der Waals surface area (Å²) in [6.07, 6.45) is 0. The van der Waals surface area contributed by atoms with E-state index in [-0.39, 0.29) is 5.56 Å². The second-order valence-electron chi connectivity index (χ2n) is 3.85. The molecule has 5 heteroatoms.